The lowest BCUT2D eigenvalue weighted by atomic mass is 9.91. The third-order valence-corrected chi connectivity index (χ3v) is 2.61. The van der Waals surface area contributed by atoms with Gasteiger partial charge in [-0.1, -0.05) is 20.8 Å². The van der Waals surface area contributed by atoms with E-state index in [2.05, 4.69) is 26.1 Å². The Balaban J connectivity index is 3.64. The van der Waals surface area contributed by atoms with Gasteiger partial charge in [0.25, 0.3) is 0 Å². The lowest BCUT2D eigenvalue weighted by Gasteiger charge is -2.20. The normalized spacial score (nSPS) is 13.3. The van der Waals surface area contributed by atoms with Gasteiger partial charge in [0, 0.05) is 20.1 Å². The molecule has 0 saturated heterocycles. The van der Waals surface area contributed by atoms with E-state index in [-0.39, 0.29) is 12.1 Å². The van der Waals surface area contributed by atoms with E-state index < -0.39 is 0 Å². The highest BCUT2D eigenvalue weighted by molar-refractivity contribution is 5.73. The van der Waals surface area contributed by atoms with E-state index in [9.17, 15) is 4.79 Å². The molecule has 2 N–H and O–H groups in total. The van der Waals surface area contributed by atoms with Gasteiger partial charge in [0.1, 0.15) is 0 Å². The number of hydrogen-bond donors (Lipinski definition) is 2. The largest absolute Gasteiger partial charge is 0.393 e. The second kappa shape index (κ2) is 7.54. The topological polar surface area (TPSA) is 52.6 Å². The van der Waals surface area contributed by atoms with E-state index in [1.54, 1.807) is 18.9 Å². The van der Waals surface area contributed by atoms with E-state index in [0.717, 1.165) is 19.4 Å². The van der Waals surface area contributed by atoms with Crippen molar-refractivity contribution in [3.05, 3.63) is 0 Å². The van der Waals surface area contributed by atoms with Crippen LogP contribution < -0.4 is 5.32 Å². The molecule has 0 aromatic rings. The standard InChI is InChI=1S/C13H28N2O2/c1-11(16)7-10-15(5)12(17)14-9-6-8-13(2,3)4/h11,16H,6-10H2,1-5H3,(H,14,17). The van der Waals surface area contributed by atoms with Crippen LogP contribution in [0.5, 0.6) is 0 Å². The van der Waals surface area contributed by atoms with Gasteiger partial charge >= 0.3 is 6.03 Å². The van der Waals surface area contributed by atoms with Crippen LogP contribution >= 0.6 is 0 Å². The lowest BCUT2D eigenvalue weighted by molar-refractivity contribution is 0.163. The highest BCUT2D eigenvalue weighted by Gasteiger charge is 2.11. The third-order valence-electron chi connectivity index (χ3n) is 2.61. The van der Waals surface area contributed by atoms with Crippen LogP contribution in [0.25, 0.3) is 0 Å². The Hall–Kier alpha value is -0.770. The smallest absolute Gasteiger partial charge is 0.317 e. The summed E-state index contributed by atoms with van der Waals surface area (Å²) in [6.07, 6.45) is 2.36. The quantitative estimate of drug-likeness (QED) is 0.704. The summed E-state index contributed by atoms with van der Waals surface area (Å²) < 4.78 is 0. The SMILES string of the molecule is CC(O)CCN(C)C(=O)NCCCC(C)(C)C. The van der Waals surface area contributed by atoms with E-state index >= 15 is 0 Å². The van der Waals surface area contributed by atoms with Crippen molar-refractivity contribution in [3.63, 3.8) is 0 Å². The number of amides is 2. The maximum atomic E-state index is 11.6. The van der Waals surface area contributed by atoms with Gasteiger partial charge in [0.15, 0.2) is 0 Å². The predicted octanol–water partition coefficient (Wildman–Crippen LogP) is 2.22. The fraction of sp³-hybridized carbons (Fsp3) is 0.923. The zero-order valence-electron chi connectivity index (χ0n) is 11.9. The molecule has 17 heavy (non-hydrogen) atoms. The van der Waals surface area contributed by atoms with Gasteiger partial charge in [-0.25, -0.2) is 4.79 Å². The number of aliphatic hydroxyl groups excluding tert-OH is 1. The van der Waals surface area contributed by atoms with Crippen molar-refractivity contribution < 1.29 is 9.90 Å². The summed E-state index contributed by atoms with van der Waals surface area (Å²) in [7, 11) is 1.75. The molecule has 1 atom stereocenters. The zero-order chi connectivity index (χ0) is 13.5. The van der Waals surface area contributed by atoms with Gasteiger partial charge in [-0.3, -0.25) is 0 Å². The van der Waals surface area contributed by atoms with Crippen LogP contribution in [0.2, 0.25) is 0 Å². The number of aliphatic hydroxyl groups is 1. The fourth-order valence-electron chi connectivity index (χ4n) is 1.43. The van der Waals surface area contributed by atoms with Gasteiger partial charge in [-0.15, -0.1) is 0 Å². The molecule has 0 saturated carbocycles. The molecule has 102 valence electrons. The molecular weight excluding hydrogens is 216 g/mol. The van der Waals surface area contributed by atoms with E-state index in [0.29, 0.717) is 18.4 Å². The van der Waals surface area contributed by atoms with Crippen LogP contribution in [0.4, 0.5) is 4.79 Å². The summed E-state index contributed by atoms with van der Waals surface area (Å²) in [4.78, 5) is 13.2. The minimum absolute atomic E-state index is 0.0560. The van der Waals surface area contributed by atoms with E-state index in [1.165, 1.54) is 0 Å². The molecule has 0 aliphatic carbocycles. The molecule has 0 spiro atoms. The van der Waals surface area contributed by atoms with Gasteiger partial charge in [0.05, 0.1) is 6.10 Å². The maximum Gasteiger partial charge on any atom is 0.317 e. The van der Waals surface area contributed by atoms with Gasteiger partial charge in [0.2, 0.25) is 0 Å². The average Bonchev–Trinajstić information content (AvgIpc) is 2.19. The van der Waals surface area contributed by atoms with Crippen molar-refractivity contribution in [2.45, 2.75) is 53.1 Å². The second-order valence-corrected chi connectivity index (χ2v) is 5.96. The first-order valence-corrected chi connectivity index (χ1v) is 6.39. The summed E-state index contributed by atoms with van der Waals surface area (Å²) in [5.41, 5.74) is 0.322. The molecule has 0 aliphatic heterocycles. The van der Waals surface area contributed by atoms with Crippen molar-refractivity contribution >= 4 is 6.03 Å². The monoisotopic (exact) mass is 244 g/mol. The first-order chi connectivity index (χ1) is 7.72. The minimum Gasteiger partial charge on any atom is -0.393 e. The number of carbonyl (C=O) groups is 1. The Morgan fingerprint density at radius 2 is 2.00 bits per heavy atom. The van der Waals surface area contributed by atoms with Crippen LogP contribution in [-0.4, -0.2) is 42.3 Å². The third kappa shape index (κ3) is 10.1. The summed E-state index contributed by atoms with van der Waals surface area (Å²) in [5, 5.41) is 12.0. The fourth-order valence-corrected chi connectivity index (χ4v) is 1.43. The Labute approximate surface area is 105 Å². The molecule has 0 heterocycles. The van der Waals surface area contributed by atoms with Gasteiger partial charge < -0.3 is 15.3 Å². The molecule has 0 bridgehead atoms. The second-order valence-electron chi connectivity index (χ2n) is 5.96. The Morgan fingerprint density at radius 1 is 1.41 bits per heavy atom. The zero-order valence-corrected chi connectivity index (χ0v) is 11.9. The number of hydrogen-bond acceptors (Lipinski definition) is 2. The molecule has 0 aliphatic rings. The van der Waals surface area contributed by atoms with Crippen molar-refractivity contribution in [2.75, 3.05) is 20.1 Å². The number of carbonyl (C=O) groups excluding carboxylic acids is 1. The van der Waals surface area contributed by atoms with Crippen LogP contribution in [-0.2, 0) is 0 Å². The first-order valence-electron chi connectivity index (χ1n) is 6.39. The molecule has 4 heteroatoms. The highest BCUT2D eigenvalue weighted by Crippen LogP contribution is 2.19. The van der Waals surface area contributed by atoms with Crippen molar-refractivity contribution in [2.24, 2.45) is 5.41 Å². The highest BCUT2D eigenvalue weighted by atomic mass is 16.3. The Kier molecular flexibility index (Phi) is 7.19. The molecule has 0 aromatic heterocycles. The molecule has 1 unspecified atom stereocenters. The molecule has 2 amide bonds. The summed E-state index contributed by atoms with van der Waals surface area (Å²) in [6, 6.07) is -0.0560. The predicted molar refractivity (Wildman–Crippen MR) is 71.0 cm³/mol. The maximum absolute atomic E-state index is 11.6. The van der Waals surface area contributed by atoms with Gasteiger partial charge in [-0.05, 0) is 31.6 Å². The van der Waals surface area contributed by atoms with Gasteiger partial charge in [-0.2, -0.15) is 0 Å². The van der Waals surface area contributed by atoms with Crippen molar-refractivity contribution in [1.82, 2.24) is 10.2 Å². The molecular formula is C13H28N2O2. The van der Waals surface area contributed by atoms with Crippen LogP contribution in [0.15, 0.2) is 0 Å². The molecule has 4 nitrogen and oxygen atoms in total. The summed E-state index contributed by atoms with van der Waals surface area (Å²) in [6.45, 7) is 9.63. The first kappa shape index (κ1) is 16.2. The van der Waals surface area contributed by atoms with Crippen molar-refractivity contribution in [1.29, 1.82) is 0 Å². The summed E-state index contributed by atoms with van der Waals surface area (Å²) in [5.74, 6) is 0. The number of urea groups is 1. The molecule has 0 radical (unpaired) electrons. The Bertz CT molecular complexity index is 222. The number of nitrogens with zero attached hydrogens (tertiary/aromatic N) is 1. The van der Waals surface area contributed by atoms with E-state index in [1.807, 2.05) is 0 Å². The molecule has 0 aromatic carbocycles. The van der Waals surface area contributed by atoms with Crippen LogP contribution in [0, 0.1) is 5.41 Å². The number of nitrogens with one attached hydrogen (secondary N) is 1. The number of rotatable bonds is 6. The lowest BCUT2D eigenvalue weighted by Crippen LogP contribution is -2.39. The summed E-state index contributed by atoms with van der Waals surface area (Å²) >= 11 is 0. The average molecular weight is 244 g/mol. The van der Waals surface area contributed by atoms with Crippen LogP contribution in [0.1, 0.15) is 47.0 Å². The molecule has 0 rings (SSSR count). The molecule has 0 fully saturated rings. The Morgan fingerprint density at radius 3 is 2.47 bits per heavy atom. The van der Waals surface area contributed by atoms with E-state index in [4.69, 9.17) is 5.11 Å². The minimum atomic E-state index is -0.355. The van der Waals surface area contributed by atoms with Crippen LogP contribution in [0.3, 0.4) is 0 Å². The van der Waals surface area contributed by atoms with Crippen molar-refractivity contribution in [3.8, 4) is 0 Å².